The van der Waals surface area contributed by atoms with E-state index in [1.165, 1.54) is 7.11 Å². The van der Waals surface area contributed by atoms with Crippen LogP contribution < -0.4 is 10.5 Å². The number of hydrogen-bond donors (Lipinski definition) is 1. The van der Waals surface area contributed by atoms with Gasteiger partial charge >= 0.3 is 5.97 Å². The van der Waals surface area contributed by atoms with E-state index >= 15 is 0 Å². The Morgan fingerprint density at radius 2 is 2.12 bits per heavy atom. The van der Waals surface area contributed by atoms with Crippen molar-refractivity contribution < 1.29 is 14.3 Å². The lowest BCUT2D eigenvalue weighted by Gasteiger charge is -2.09. The maximum Gasteiger partial charge on any atom is 0.322 e. The molecule has 0 saturated heterocycles. The van der Waals surface area contributed by atoms with E-state index in [4.69, 9.17) is 10.5 Å². The lowest BCUT2D eigenvalue weighted by atomic mass is 10.1. The number of esters is 1. The largest absolute Gasteiger partial charge is 0.497 e. The monoisotopic (exact) mass is 245 g/mol. The zero-order chi connectivity index (χ0) is 11.3. The number of carbonyl (C=O) groups excluding carboxylic acids is 1. The number of hydrogen-bond acceptors (Lipinski definition) is 4. The van der Waals surface area contributed by atoms with Gasteiger partial charge in [0.05, 0.1) is 14.2 Å². The number of benzene rings is 1. The van der Waals surface area contributed by atoms with E-state index in [1.54, 1.807) is 7.11 Å². The molecule has 0 spiro atoms. The molecule has 0 aromatic heterocycles. The van der Waals surface area contributed by atoms with E-state index in [1.807, 2.05) is 24.3 Å². The molecule has 1 rings (SSSR count). The summed E-state index contributed by atoms with van der Waals surface area (Å²) in [5.74, 6) is 0.349. The highest BCUT2D eigenvalue weighted by Crippen LogP contribution is 2.13. The molecular formula is C11H16ClNO3. The molecule has 0 radical (unpaired) electrons. The topological polar surface area (TPSA) is 61.5 Å². The second-order valence-corrected chi connectivity index (χ2v) is 3.19. The van der Waals surface area contributed by atoms with Gasteiger partial charge in [-0.25, -0.2) is 0 Å². The first-order valence-corrected chi connectivity index (χ1v) is 4.63. The van der Waals surface area contributed by atoms with E-state index in [9.17, 15) is 4.79 Å². The molecule has 2 N–H and O–H groups in total. The van der Waals surface area contributed by atoms with Gasteiger partial charge in [0.2, 0.25) is 0 Å². The summed E-state index contributed by atoms with van der Waals surface area (Å²) in [6.45, 7) is 0. The molecule has 0 aliphatic carbocycles. The molecule has 0 aliphatic rings. The minimum atomic E-state index is -0.623. The van der Waals surface area contributed by atoms with Gasteiger partial charge in [-0.3, -0.25) is 4.79 Å². The minimum Gasteiger partial charge on any atom is -0.497 e. The summed E-state index contributed by atoms with van der Waals surface area (Å²) in [5.41, 5.74) is 6.59. The van der Waals surface area contributed by atoms with Crippen molar-refractivity contribution in [2.45, 2.75) is 12.5 Å². The van der Waals surface area contributed by atoms with Gasteiger partial charge in [-0.2, -0.15) is 0 Å². The first-order valence-electron chi connectivity index (χ1n) is 4.63. The Kier molecular flexibility index (Phi) is 6.53. The lowest BCUT2D eigenvalue weighted by Crippen LogP contribution is -2.33. The number of methoxy groups -OCH3 is 2. The molecule has 0 fully saturated rings. The van der Waals surface area contributed by atoms with Crippen LogP contribution in [0, 0.1) is 0 Å². The summed E-state index contributed by atoms with van der Waals surface area (Å²) < 4.78 is 9.61. The van der Waals surface area contributed by atoms with Crippen molar-refractivity contribution in [1.82, 2.24) is 0 Å². The van der Waals surface area contributed by atoms with E-state index < -0.39 is 12.0 Å². The zero-order valence-corrected chi connectivity index (χ0v) is 10.1. The van der Waals surface area contributed by atoms with Crippen molar-refractivity contribution in [3.63, 3.8) is 0 Å². The van der Waals surface area contributed by atoms with Crippen LogP contribution in [0.3, 0.4) is 0 Å². The predicted molar refractivity (Wildman–Crippen MR) is 63.9 cm³/mol. The molecule has 1 aromatic rings. The Bertz CT molecular complexity index is 344. The van der Waals surface area contributed by atoms with Crippen LogP contribution in [-0.2, 0) is 16.0 Å². The van der Waals surface area contributed by atoms with E-state index in [0.717, 1.165) is 11.3 Å². The number of rotatable bonds is 4. The standard InChI is InChI=1S/C11H15NO3.ClH/c1-14-9-5-3-4-8(6-9)7-10(12)11(13)15-2;/h3-6,10H,7,12H2,1-2H3;1H/t10-;/m0./s1. The highest BCUT2D eigenvalue weighted by Gasteiger charge is 2.14. The molecule has 90 valence electrons. The van der Waals surface area contributed by atoms with Crippen LogP contribution >= 0.6 is 12.4 Å². The fraction of sp³-hybridized carbons (Fsp3) is 0.364. The molecule has 5 heteroatoms. The van der Waals surface area contributed by atoms with Crippen LogP contribution in [0.2, 0.25) is 0 Å². The Labute approximate surface area is 101 Å². The Hall–Kier alpha value is -1.26. The zero-order valence-electron chi connectivity index (χ0n) is 9.30. The normalized spacial score (nSPS) is 11.2. The third-order valence-corrected chi connectivity index (χ3v) is 2.09. The van der Waals surface area contributed by atoms with E-state index in [0.29, 0.717) is 6.42 Å². The molecule has 0 saturated carbocycles. The summed E-state index contributed by atoms with van der Waals surface area (Å²) in [4.78, 5) is 11.1. The predicted octanol–water partition coefficient (Wildman–Crippen LogP) is 1.16. The maximum atomic E-state index is 11.1. The number of nitrogens with two attached hydrogens (primary N) is 1. The van der Waals surface area contributed by atoms with Gasteiger partial charge in [0, 0.05) is 0 Å². The second kappa shape index (κ2) is 7.09. The minimum absolute atomic E-state index is 0. The summed E-state index contributed by atoms with van der Waals surface area (Å²) in [7, 11) is 2.92. The van der Waals surface area contributed by atoms with Crippen molar-refractivity contribution >= 4 is 18.4 Å². The average molecular weight is 246 g/mol. The summed E-state index contributed by atoms with van der Waals surface area (Å²) in [6.07, 6.45) is 0.448. The van der Waals surface area contributed by atoms with Crippen molar-refractivity contribution in [2.24, 2.45) is 5.73 Å². The Morgan fingerprint density at radius 1 is 1.44 bits per heavy atom. The SMILES string of the molecule is COC(=O)[C@@H](N)Cc1cccc(OC)c1.Cl. The molecule has 4 nitrogen and oxygen atoms in total. The molecule has 0 unspecified atom stereocenters. The first-order chi connectivity index (χ1) is 7.17. The van der Waals surface area contributed by atoms with E-state index in [2.05, 4.69) is 4.74 Å². The number of carbonyl (C=O) groups is 1. The van der Waals surface area contributed by atoms with E-state index in [-0.39, 0.29) is 12.4 Å². The van der Waals surface area contributed by atoms with Crippen LogP contribution in [-0.4, -0.2) is 26.2 Å². The fourth-order valence-electron chi connectivity index (χ4n) is 1.29. The summed E-state index contributed by atoms with van der Waals surface area (Å²) >= 11 is 0. The van der Waals surface area contributed by atoms with Crippen LogP contribution in [0.25, 0.3) is 0 Å². The third-order valence-electron chi connectivity index (χ3n) is 2.09. The third kappa shape index (κ3) is 4.08. The van der Waals surface area contributed by atoms with Crippen LogP contribution in [0.1, 0.15) is 5.56 Å². The van der Waals surface area contributed by atoms with Gasteiger partial charge in [0.1, 0.15) is 11.8 Å². The highest BCUT2D eigenvalue weighted by atomic mass is 35.5. The van der Waals surface area contributed by atoms with Gasteiger partial charge in [0.15, 0.2) is 0 Å². The van der Waals surface area contributed by atoms with Crippen molar-refractivity contribution in [3.8, 4) is 5.75 Å². The quantitative estimate of drug-likeness (QED) is 0.809. The molecule has 0 heterocycles. The molecule has 1 aromatic carbocycles. The first kappa shape index (κ1) is 14.7. The van der Waals surface area contributed by atoms with Gasteiger partial charge in [-0.1, -0.05) is 12.1 Å². The molecule has 0 bridgehead atoms. The van der Waals surface area contributed by atoms with Crippen molar-refractivity contribution in [1.29, 1.82) is 0 Å². The Morgan fingerprint density at radius 3 is 2.69 bits per heavy atom. The van der Waals surface area contributed by atoms with Crippen LogP contribution in [0.4, 0.5) is 0 Å². The second-order valence-electron chi connectivity index (χ2n) is 3.19. The average Bonchev–Trinajstić information content (AvgIpc) is 2.28. The van der Waals surface area contributed by atoms with Gasteiger partial charge in [-0.15, -0.1) is 12.4 Å². The number of ether oxygens (including phenoxy) is 2. The fourth-order valence-corrected chi connectivity index (χ4v) is 1.29. The molecule has 1 atom stereocenters. The molecule has 16 heavy (non-hydrogen) atoms. The van der Waals surface area contributed by atoms with Crippen molar-refractivity contribution in [3.05, 3.63) is 29.8 Å². The van der Waals surface area contributed by atoms with Gasteiger partial charge in [0.25, 0.3) is 0 Å². The Balaban J connectivity index is 0.00000225. The van der Waals surface area contributed by atoms with Gasteiger partial charge < -0.3 is 15.2 Å². The van der Waals surface area contributed by atoms with Crippen molar-refractivity contribution in [2.75, 3.05) is 14.2 Å². The highest BCUT2D eigenvalue weighted by molar-refractivity contribution is 5.85. The summed E-state index contributed by atoms with van der Waals surface area (Å²) in [5, 5.41) is 0. The van der Waals surface area contributed by atoms with Gasteiger partial charge in [-0.05, 0) is 24.1 Å². The maximum absolute atomic E-state index is 11.1. The molecule has 0 amide bonds. The summed E-state index contributed by atoms with van der Waals surface area (Å²) in [6, 6.07) is 6.82. The number of halogens is 1. The lowest BCUT2D eigenvalue weighted by molar-refractivity contribution is -0.142. The smallest absolute Gasteiger partial charge is 0.322 e. The van der Waals surface area contributed by atoms with Crippen LogP contribution in [0.15, 0.2) is 24.3 Å². The molecule has 0 aliphatic heterocycles. The van der Waals surface area contributed by atoms with Crippen LogP contribution in [0.5, 0.6) is 5.75 Å². The molecular weight excluding hydrogens is 230 g/mol.